The molecule has 0 saturated heterocycles. The third-order valence-electron chi connectivity index (χ3n) is 6.25. The summed E-state index contributed by atoms with van der Waals surface area (Å²) in [4.78, 5) is 27.3. The van der Waals surface area contributed by atoms with E-state index in [1.807, 2.05) is 27.1 Å². The third-order valence-corrected chi connectivity index (χ3v) is 6.25. The fourth-order valence-electron chi connectivity index (χ4n) is 4.63. The summed E-state index contributed by atoms with van der Waals surface area (Å²) in [5, 5.41) is 4.61. The lowest BCUT2D eigenvalue weighted by atomic mass is 9.93. The predicted molar refractivity (Wildman–Crippen MR) is 136 cm³/mol. The highest BCUT2D eigenvalue weighted by Gasteiger charge is 2.21. The third kappa shape index (κ3) is 5.46. The van der Waals surface area contributed by atoms with Crippen LogP contribution in [-0.2, 0) is 11.2 Å². The summed E-state index contributed by atoms with van der Waals surface area (Å²) in [5.41, 5.74) is 3.43. The lowest BCUT2D eigenvalue weighted by molar-refractivity contribution is -0.121. The van der Waals surface area contributed by atoms with Crippen molar-refractivity contribution in [3.63, 3.8) is 0 Å². The van der Waals surface area contributed by atoms with Gasteiger partial charge in [-0.15, -0.1) is 0 Å². The average Bonchev–Trinajstić information content (AvgIpc) is 3.19. The molecule has 1 amide bonds. The van der Waals surface area contributed by atoms with Gasteiger partial charge in [0, 0.05) is 47.5 Å². The maximum Gasteiger partial charge on any atom is 0.339 e. The molecule has 4 rings (SSSR count). The average molecular weight is 479 g/mol. The van der Waals surface area contributed by atoms with Crippen molar-refractivity contribution in [1.29, 1.82) is 0 Å². The van der Waals surface area contributed by atoms with E-state index in [4.69, 9.17) is 8.83 Å². The quantitative estimate of drug-likeness (QED) is 0.348. The van der Waals surface area contributed by atoms with Crippen molar-refractivity contribution < 1.29 is 18.0 Å². The van der Waals surface area contributed by atoms with Crippen LogP contribution in [0.3, 0.4) is 0 Å². The number of nitrogens with one attached hydrogen (secondary N) is 1. The van der Waals surface area contributed by atoms with Crippen molar-refractivity contribution >= 4 is 27.8 Å². The molecule has 2 aromatic carbocycles. The van der Waals surface area contributed by atoms with Crippen LogP contribution in [0.25, 0.3) is 33.1 Å². The SMILES string of the molecule is Cc1c(CCC(=O)NCC(C)(C)CN(C)C)c(=O)oc2cc3occ(-c4ccc(F)cc4)c3cc12. The van der Waals surface area contributed by atoms with Gasteiger partial charge in [-0.05, 0) is 62.2 Å². The molecule has 0 saturated carbocycles. The highest BCUT2D eigenvalue weighted by atomic mass is 19.1. The van der Waals surface area contributed by atoms with E-state index in [9.17, 15) is 14.0 Å². The first-order chi connectivity index (χ1) is 16.5. The van der Waals surface area contributed by atoms with Crippen molar-refractivity contribution in [2.75, 3.05) is 27.2 Å². The molecule has 6 nitrogen and oxygen atoms in total. The molecule has 35 heavy (non-hydrogen) atoms. The second-order valence-electron chi connectivity index (χ2n) is 10.2. The van der Waals surface area contributed by atoms with Crippen molar-refractivity contribution in [2.24, 2.45) is 5.41 Å². The molecule has 7 heteroatoms. The Kier molecular flexibility index (Phi) is 6.81. The zero-order chi connectivity index (χ0) is 25.3. The molecule has 0 spiro atoms. The number of hydrogen-bond acceptors (Lipinski definition) is 5. The minimum Gasteiger partial charge on any atom is -0.464 e. The number of carbonyl (C=O) groups is 1. The minimum absolute atomic E-state index is 0.0603. The second-order valence-corrected chi connectivity index (χ2v) is 10.2. The van der Waals surface area contributed by atoms with Crippen LogP contribution in [0.15, 0.2) is 56.3 Å². The van der Waals surface area contributed by atoms with E-state index in [0.717, 1.165) is 34.0 Å². The number of rotatable bonds is 8. The first-order valence-corrected chi connectivity index (χ1v) is 11.7. The van der Waals surface area contributed by atoms with Gasteiger partial charge in [-0.1, -0.05) is 26.0 Å². The van der Waals surface area contributed by atoms with E-state index in [0.29, 0.717) is 23.3 Å². The van der Waals surface area contributed by atoms with E-state index < -0.39 is 5.63 Å². The Morgan fingerprint density at radius 3 is 2.49 bits per heavy atom. The fraction of sp³-hybridized carbons (Fsp3) is 0.357. The first kappa shape index (κ1) is 24.7. The van der Waals surface area contributed by atoms with Crippen molar-refractivity contribution in [1.82, 2.24) is 10.2 Å². The zero-order valence-electron chi connectivity index (χ0n) is 20.8. The van der Waals surface area contributed by atoms with Gasteiger partial charge in [-0.3, -0.25) is 4.79 Å². The molecule has 0 aliphatic heterocycles. The normalized spacial score (nSPS) is 12.1. The van der Waals surface area contributed by atoms with Crippen molar-refractivity contribution in [3.05, 3.63) is 70.0 Å². The van der Waals surface area contributed by atoms with Gasteiger partial charge in [0.05, 0.1) is 6.26 Å². The fourth-order valence-corrected chi connectivity index (χ4v) is 4.63. The summed E-state index contributed by atoms with van der Waals surface area (Å²) in [6.45, 7) is 7.48. The Hall–Kier alpha value is -3.45. The van der Waals surface area contributed by atoms with Crippen LogP contribution in [0.5, 0.6) is 0 Å². The highest BCUT2D eigenvalue weighted by molar-refractivity contribution is 6.02. The molecule has 0 aliphatic carbocycles. The largest absolute Gasteiger partial charge is 0.464 e. The Balaban J connectivity index is 1.59. The molecule has 0 bridgehead atoms. The van der Waals surface area contributed by atoms with Crippen molar-refractivity contribution in [3.8, 4) is 11.1 Å². The number of halogens is 1. The zero-order valence-corrected chi connectivity index (χ0v) is 20.8. The van der Waals surface area contributed by atoms with Gasteiger partial charge in [0.25, 0.3) is 0 Å². The molecule has 2 heterocycles. The topological polar surface area (TPSA) is 75.7 Å². The van der Waals surface area contributed by atoms with Crippen LogP contribution < -0.4 is 10.9 Å². The van der Waals surface area contributed by atoms with Gasteiger partial charge in [0.1, 0.15) is 17.0 Å². The van der Waals surface area contributed by atoms with Crippen LogP contribution >= 0.6 is 0 Å². The summed E-state index contributed by atoms with van der Waals surface area (Å²) in [6.07, 6.45) is 2.11. The molecule has 1 N–H and O–H groups in total. The Morgan fingerprint density at radius 1 is 1.09 bits per heavy atom. The van der Waals surface area contributed by atoms with Crippen LogP contribution in [0.4, 0.5) is 4.39 Å². The van der Waals surface area contributed by atoms with Gasteiger partial charge in [-0.2, -0.15) is 0 Å². The number of fused-ring (bicyclic) bond motifs is 2. The molecule has 4 aromatic rings. The minimum atomic E-state index is -0.444. The molecule has 0 fully saturated rings. The predicted octanol–water partition coefficient (Wildman–Crippen LogP) is 5.29. The van der Waals surface area contributed by atoms with E-state index in [1.54, 1.807) is 24.5 Å². The number of furan rings is 1. The Labute approximate surface area is 203 Å². The van der Waals surface area contributed by atoms with Gasteiger partial charge in [0.15, 0.2) is 0 Å². The monoisotopic (exact) mass is 478 g/mol. The van der Waals surface area contributed by atoms with Gasteiger partial charge >= 0.3 is 5.63 Å². The summed E-state index contributed by atoms with van der Waals surface area (Å²) in [6, 6.07) is 9.85. The molecule has 0 atom stereocenters. The Morgan fingerprint density at radius 2 is 1.80 bits per heavy atom. The first-order valence-electron chi connectivity index (χ1n) is 11.7. The van der Waals surface area contributed by atoms with Crippen LogP contribution in [-0.4, -0.2) is 38.0 Å². The molecular formula is C28H31FN2O4. The molecule has 0 radical (unpaired) electrons. The van der Waals surface area contributed by atoms with Gasteiger partial charge in [-0.25, -0.2) is 9.18 Å². The second kappa shape index (κ2) is 9.66. The lowest BCUT2D eigenvalue weighted by Crippen LogP contribution is -2.40. The maximum atomic E-state index is 13.4. The van der Waals surface area contributed by atoms with Gasteiger partial charge in [0.2, 0.25) is 5.91 Å². The number of amides is 1. The molecule has 184 valence electrons. The molecule has 0 unspecified atom stereocenters. The number of carbonyl (C=O) groups excluding carboxylic acids is 1. The Bertz CT molecular complexity index is 1430. The summed E-state index contributed by atoms with van der Waals surface area (Å²) < 4.78 is 24.7. The number of aryl methyl sites for hydroxylation is 1. The van der Waals surface area contributed by atoms with E-state index in [1.165, 1.54) is 12.1 Å². The van der Waals surface area contributed by atoms with Gasteiger partial charge < -0.3 is 19.1 Å². The standard InChI is InChI=1S/C28H31FN2O4/c1-17-20(10-11-26(32)30-15-28(2,3)16-31(4)5)27(33)35-25-13-24-22(12-21(17)25)23(14-34-24)18-6-8-19(29)9-7-18/h6-9,12-14H,10-11,15-16H2,1-5H3,(H,30,32). The maximum absolute atomic E-state index is 13.4. The number of benzene rings is 2. The summed E-state index contributed by atoms with van der Waals surface area (Å²) in [5.74, 6) is -0.404. The number of hydrogen-bond donors (Lipinski definition) is 1. The highest BCUT2D eigenvalue weighted by Crippen LogP contribution is 2.34. The van der Waals surface area contributed by atoms with Crippen LogP contribution in [0.1, 0.15) is 31.4 Å². The number of nitrogens with zero attached hydrogens (tertiary/aromatic N) is 1. The summed E-state index contributed by atoms with van der Waals surface area (Å²) in [7, 11) is 4.01. The molecule has 2 aromatic heterocycles. The smallest absolute Gasteiger partial charge is 0.339 e. The molecular weight excluding hydrogens is 447 g/mol. The van der Waals surface area contributed by atoms with Crippen LogP contribution in [0.2, 0.25) is 0 Å². The van der Waals surface area contributed by atoms with E-state index >= 15 is 0 Å². The lowest BCUT2D eigenvalue weighted by Gasteiger charge is -2.28. The van der Waals surface area contributed by atoms with Crippen molar-refractivity contribution in [2.45, 2.75) is 33.6 Å². The van der Waals surface area contributed by atoms with E-state index in [2.05, 4.69) is 24.1 Å². The van der Waals surface area contributed by atoms with Crippen LogP contribution in [0, 0.1) is 18.2 Å². The summed E-state index contributed by atoms with van der Waals surface area (Å²) >= 11 is 0. The van der Waals surface area contributed by atoms with E-state index in [-0.39, 0.29) is 30.0 Å². The molecule has 0 aliphatic rings.